The molecule has 1 aliphatic carbocycles. The smallest absolute Gasteiger partial charge is 0.292 e. The Morgan fingerprint density at radius 3 is 2.51 bits per heavy atom. The molecule has 5 rings (SSSR count). The first kappa shape index (κ1) is 24.6. The first-order chi connectivity index (χ1) is 18.1. The topological polar surface area (TPSA) is 137 Å². The van der Waals surface area contributed by atoms with Gasteiger partial charge in [0.15, 0.2) is 5.69 Å². The zero-order chi connectivity index (χ0) is 25.6. The monoisotopic (exact) mass is 516 g/mol. The number of anilines is 1. The molecule has 0 spiro atoms. The molecule has 10 nitrogen and oxygen atoms in total. The summed E-state index contributed by atoms with van der Waals surface area (Å²) >= 11 is 1.52. The highest BCUT2D eigenvalue weighted by atomic mass is 32.2. The van der Waals surface area contributed by atoms with E-state index in [0.29, 0.717) is 23.1 Å². The van der Waals surface area contributed by atoms with E-state index in [1.165, 1.54) is 54.1 Å². The number of nitrogens with one attached hydrogen (secondary N) is 2. The van der Waals surface area contributed by atoms with Crippen molar-refractivity contribution in [3.05, 3.63) is 83.7 Å². The Kier molecular flexibility index (Phi) is 7.50. The molecule has 0 atom stereocenters. The second kappa shape index (κ2) is 11.3. The summed E-state index contributed by atoms with van der Waals surface area (Å²) in [4.78, 5) is 14.1. The lowest BCUT2D eigenvalue weighted by atomic mass is 9.84. The maximum Gasteiger partial charge on any atom is 0.292 e. The number of amides is 1. The van der Waals surface area contributed by atoms with Crippen LogP contribution in [-0.2, 0) is 5.75 Å². The van der Waals surface area contributed by atoms with Crippen molar-refractivity contribution in [2.45, 2.75) is 48.7 Å². The van der Waals surface area contributed by atoms with Crippen LogP contribution in [0.2, 0.25) is 0 Å². The second-order valence-electron chi connectivity index (χ2n) is 8.89. The van der Waals surface area contributed by atoms with E-state index in [2.05, 4.69) is 50.2 Å². The number of aromatic nitrogens is 5. The van der Waals surface area contributed by atoms with Crippen LogP contribution in [0.15, 0.2) is 70.7 Å². The van der Waals surface area contributed by atoms with E-state index in [4.69, 9.17) is 10.4 Å². The first-order valence-corrected chi connectivity index (χ1v) is 13.1. The average Bonchev–Trinajstić information content (AvgIpc) is 3.57. The van der Waals surface area contributed by atoms with Gasteiger partial charge in [-0.1, -0.05) is 73.5 Å². The summed E-state index contributed by atoms with van der Waals surface area (Å²) in [5.74, 6) is 0.768. The summed E-state index contributed by atoms with van der Waals surface area (Å²) < 4.78 is 6.09. The Bertz CT molecular complexity index is 1360. The predicted molar refractivity (Wildman–Crippen MR) is 142 cm³/mol. The van der Waals surface area contributed by atoms with Crippen LogP contribution in [0.5, 0.6) is 0 Å². The van der Waals surface area contributed by atoms with Gasteiger partial charge >= 0.3 is 0 Å². The number of thioether (sulfide) groups is 1. The number of hydrogen-bond acceptors (Lipinski definition) is 9. The van der Waals surface area contributed by atoms with Crippen LogP contribution in [-0.4, -0.2) is 31.2 Å². The molecule has 1 aliphatic rings. The molecular formula is C26H28N8O2S. The number of nitrogen functional groups attached to an aromatic ring is 1. The molecule has 4 N–H and O–H groups in total. The number of carbonyl (C=O) groups excluding carboxylic acids is 1. The maximum atomic E-state index is 13.1. The Morgan fingerprint density at radius 2 is 1.81 bits per heavy atom. The van der Waals surface area contributed by atoms with Gasteiger partial charge in [0.25, 0.3) is 5.91 Å². The second-order valence-corrected chi connectivity index (χ2v) is 9.93. The molecule has 1 amide bonds. The van der Waals surface area contributed by atoms with Gasteiger partial charge in [-0.3, -0.25) is 15.6 Å². The molecule has 2 aromatic carbocycles. The van der Waals surface area contributed by atoms with Crippen LogP contribution in [0.25, 0.3) is 11.5 Å². The Morgan fingerprint density at radius 1 is 1.05 bits per heavy atom. The van der Waals surface area contributed by atoms with Crippen LogP contribution < -0.4 is 16.6 Å². The minimum Gasteiger partial charge on any atom is -0.378 e. The number of benzene rings is 2. The largest absolute Gasteiger partial charge is 0.378 e. The lowest BCUT2D eigenvalue weighted by molar-refractivity contribution is 0.0936. The standard InChI is InChI=1S/C26H28N8O2S/c1-17(18-12-14-20(15-13-18)19-8-4-2-5-9-19)28-30-26(35)23-22(16-37-21-10-6-3-7-11-21)34(33-29-23)25-24(27)31-36-32-25/h3,6-7,10-15,19,28H,1-2,4-5,8-9,16H2,(H2,27,31)(H,30,35). The van der Waals surface area contributed by atoms with Crippen molar-refractivity contribution >= 4 is 29.2 Å². The summed E-state index contributed by atoms with van der Waals surface area (Å²) in [6.45, 7) is 4.07. The third-order valence-corrected chi connectivity index (χ3v) is 7.48. The summed E-state index contributed by atoms with van der Waals surface area (Å²) in [5.41, 5.74) is 14.9. The fraction of sp³-hybridized carbons (Fsp3) is 0.269. The van der Waals surface area contributed by atoms with Gasteiger partial charge in [-0.15, -0.1) is 16.9 Å². The summed E-state index contributed by atoms with van der Waals surface area (Å²) in [6.07, 6.45) is 6.41. The third-order valence-electron chi connectivity index (χ3n) is 6.46. The van der Waals surface area contributed by atoms with Crippen molar-refractivity contribution in [3.63, 3.8) is 0 Å². The van der Waals surface area contributed by atoms with E-state index in [1.807, 2.05) is 42.5 Å². The van der Waals surface area contributed by atoms with Gasteiger partial charge in [0.1, 0.15) is 0 Å². The van der Waals surface area contributed by atoms with Crippen molar-refractivity contribution in [1.29, 1.82) is 0 Å². The van der Waals surface area contributed by atoms with Crippen molar-refractivity contribution in [1.82, 2.24) is 36.2 Å². The van der Waals surface area contributed by atoms with Gasteiger partial charge < -0.3 is 5.73 Å². The molecule has 2 aromatic heterocycles. The van der Waals surface area contributed by atoms with Crippen molar-refractivity contribution in [3.8, 4) is 5.82 Å². The fourth-order valence-corrected chi connectivity index (χ4v) is 5.35. The molecule has 0 aliphatic heterocycles. The highest BCUT2D eigenvalue weighted by Crippen LogP contribution is 2.33. The molecule has 2 heterocycles. The molecule has 190 valence electrons. The van der Waals surface area contributed by atoms with Gasteiger partial charge in [-0.05, 0) is 52.3 Å². The van der Waals surface area contributed by atoms with Gasteiger partial charge in [0.2, 0.25) is 11.6 Å². The summed E-state index contributed by atoms with van der Waals surface area (Å²) in [6, 6.07) is 18.2. The average molecular weight is 517 g/mol. The zero-order valence-corrected chi connectivity index (χ0v) is 21.1. The molecule has 0 saturated heterocycles. The number of carbonyl (C=O) groups is 1. The molecular weight excluding hydrogens is 488 g/mol. The number of nitrogens with zero attached hydrogens (tertiary/aromatic N) is 5. The fourth-order valence-electron chi connectivity index (χ4n) is 4.44. The van der Waals surface area contributed by atoms with Crippen molar-refractivity contribution < 1.29 is 9.42 Å². The van der Waals surface area contributed by atoms with E-state index in [1.54, 1.807) is 0 Å². The van der Waals surface area contributed by atoms with Crippen molar-refractivity contribution in [2.75, 3.05) is 5.73 Å². The number of hydrazine groups is 1. The molecule has 1 saturated carbocycles. The highest BCUT2D eigenvalue weighted by molar-refractivity contribution is 7.98. The van der Waals surface area contributed by atoms with E-state index in [-0.39, 0.29) is 17.3 Å². The SMILES string of the molecule is C=C(NNC(=O)c1nnn(-c2nonc2N)c1CSc1ccccc1)c1ccc(C2CCCCC2)cc1. The van der Waals surface area contributed by atoms with Gasteiger partial charge in [0, 0.05) is 10.6 Å². The lowest BCUT2D eigenvalue weighted by Gasteiger charge is -2.22. The van der Waals surface area contributed by atoms with Crippen LogP contribution in [0, 0.1) is 0 Å². The normalized spacial score (nSPS) is 13.8. The molecule has 4 aromatic rings. The van der Waals surface area contributed by atoms with Crippen LogP contribution >= 0.6 is 11.8 Å². The molecule has 0 bridgehead atoms. The van der Waals surface area contributed by atoms with E-state index in [0.717, 1.165) is 10.5 Å². The minimum atomic E-state index is -0.468. The van der Waals surface area contributed by atoms with Gasteiger partial charge in [0.05, 0.1) is 11.4 Å². The predicted octanol–water partition coefficient (Wildman–Crippen LogP) is 4.48. The van der Waals surface area contributed by atoms with E-state index < -0.39 is 5.91 Å². The molecule has 0 radical (unpaired) electrons. The van der Waals surface area contributed by atoms with E-state index in [9.17, 15) is 4.79 Å². The maximum absolute atomic E-state index is 13.1. The van der Waals surface area contributed by atoms with E-state index >= 15 is 0 Å². The number of nitrogens with two attached hydrogens (primary N) is 1. The molecule has 0 unspecified atom stereocenters. The highest BCUT2D eigenvalue weighted by Gasteiger charge is 2.24. The summed E-state index contributed by atoms with van der Waals surface area (Å²) in [7, 11) is 0. The van der Waals surface area contributed by atoms with Crippen LogP contribution in [0.3, 0.4) is 0 Å². The summed E-state index contributed by atoms with van der Waals surface area (Å²) in [5, 5.41) is 15.6. The minimum absolute atomic E-state index is 0.0472. The zero-order valence-electron chi connectivity index (χ0n) is 20.3. The quantitative estimate of drug-likeness (QED) is 0.217. The lowest BCUT2D eigenvalue weighted by Crippen LogP contribution is -2.36. The molecule has 37 heavy (non-hydrogen) atoms. The van der Waals surface area contributed by atoms with Crippen LogP contribution in [0.4, 0.5) is 5.82 Å². The number of rotatable bonds is 9. The first-order valence-electron chi connectivity index (χ1n) is 12.2. The van der Waals surface area contributed by atoms with Gasteiger partial charge in [-0.2, -0.15) is 4.68 Å². The number of hydrogen-bond donors (Lipinski definition) is 3. The molecule has 11 heteroatoms. The third kappa shape index (κ3) is 5.67. The molecule has 1 fully saturated rings. The Hall–Kier alpha value is -4.12. The Balaban J connectivity index is 1.28. The Labute approximate surface area is 218 Å². The van der Waals surface area contributed by atoms with Crippen LogP contribution in [0.1, 0.15) is 65.3 Å². The van der Waals surface area contributed by atoms with Gasteiger partial charge in [-0.25, -0.2) is 4.63 Å². The van der Waals surface area contributed by atoms with Crippen molar-refractivity contribution in [2.24, 2.45) is 0 Å².